The van der Waals surface area contributed by atoms with E-state index in [9.17, 15) is 4.79 Å². The SMILES string of the molecule is CCc1c(C)noc1NC(=O)c1ccc2c(c1)CCCO2. The molecule has 5 nitrogen and oxygen atoms in total. The standard InChI is InChI=1S/C16H18N2O3/c1-3-13-10(2)18-21-16(13)17-15(19)12-6-7-14-11(9-12)5-4-8-20-14/h6-7,9H,3-5,8H2,1-2H3,(H,17,19). The number of fused-ring (bicyclic) bond motifs is 1. The number of carbonyl (C=O) groups is 1. The molecule has 1 aromatic heterocycles. The van der Waals surface area contributed by atoms with E-state index in [-0.39, 0.29) is 5.91 Å². The van der Waals surface area contributed by atoms with Gasteiger partial charge >= 0.3 is 0 Å². The molecule has 0 atom stereocenters. The van der Waals surface area contributed by atoms with Crippen molar-refractivity contribution in [2.24, 2.45) is 0 Å². The Kier molecular flexibility index (Phi) is 3.64. The molecule has 1 aliphatic heterocycles. The van der Waals surface area contributed by atoms with Crippen LogP contribution in [0.5, 0.6) is 5.75 Å². The van der Waals surface area contributed by atoms with Crippen molar-refractivity contribution in [2.75, 3.05) is 11.9 Å². The van der Waals surface area contributed by atoms with Gasteiger partial charge in [0.1, 0.15) is 5.75 Å². The molecule has 1 N–H and O–H groups in total. The van der Waals surface area contributed by atoms with Gasteiger partial charge in [0.2, 0.25) is 5.88 Å². The Morgan fingerprint density at radius 3 is 3.10 bits per heavy atom. The topological polar surface area (TPSA) is 64.4 Å². The van der Waals surface area contributed by atoms with Crippen LogP contribution in [0.3, 0.4) is 0 Å². The lowest BCUT2D eigenvalue weighted by Gasteiger charge is -2.17. The van der Waals surface area contributed by atoms with Crippen molar-refractivity contribution in [2.45, 2.75) is 33.1 Å². The van der Waals surface area contributed by atoms with E-state index in [4.69, 9.17) is 9.26 Å². The number of benzene rings is 1. The second-order valence-corrected chi connectivity index (χ2v) is 5.16. The highest BCUT2D eigenvalue weighted by Gasteiger charge is 2.17. The number of anilines is 1. The summed E-state index contributed by atoms with van der Waals surface area (Å²) < 4.78 is 10.7. The van der Waals surface area contributed by atoms with E-state index in [0.717, 1.165) is 48.4 Å². The highest BCUT2D eigenvalue weighted by Crippen LogP contribution is 2.26. The van der Waals surface area contributed by atoms with Crippen LogP contribution in [-0.4, -0.2) is 17.7 Å². The van der Waals surface area contributed by atoms with Crippen LogP contribution in [-0.2, 0) is 12.8 Å². The van der Waals surface area contributed by atoms with Crippen LogP contribution in [0.1, 0.15) is 40.5 Å². The molecule has 21 heavy (non-hydrogen) atoms. The van der Waals surface area contributed by atoms with Gasteiger partial charge in [0.05, 0.1) is 12.3 Å². The van der Waals surface area contributed by atoms with Gasteiger partial charge < -0.3 is 9.26 Å². The summed E-state index contributed by atoms with van der Waals surface area (Å²) in [4.78, 5) is 12.3. The van der Waals surface area contributed by atoms with Gasteiger partial charge in [-0.3, -0.25) is 10.1 Å². The highest BCUT2D eigenvalue weighted by molar-refractivity contribution is 6.04. The molecule has 0 saturated heterocycles. The molecule has 0 unspecified atom stereocenters. The van der Waals surface area contributed by atoms with Gasteiger partial charge in [-0.25, -0.2) is 0 Å². The maximum absolute atomic E-state index is 12.3. The van der Waals surface area contributed by atoms with Crippen molar-refractivity contribution in [1.82, 2.24) is 5.16 Å². The van der Waals surface area contributed by atoms with Crippen molar-refractivity contribution in [3.8, 4) is 5.75 Å². The summed E-state index contributed by atoms with van der Waals surface area (Å²) in [5.41, 5.74) is 3.44. The minimum Gasteiger partial charge on any atom is -0.493 e. The molecule has 0 spiro atoms. The average Bonchev–Trinajstić information content (AvgIpc) is 2.86. The second kappa shape index (κ2) is 5.60. The molecule has 1 amide bonds. The molecule has 5 heteroatoms. The number of carbonyl (C=O) groups excluding carboxylic acids is 1. The van der Waals surface area contributed by atoms with E-state index in [1.165, 1.54) is 0 Å². The quantitative estimate of drug-likeness (QED) is 0.941. The molecule has 0 fully saturated rings. The monoisotopic (exact) mass is 286 g/mol. The Hall–Kier alpha value is -2.30. The van der Waals surface area contributed by atoms with Crippen LogP contribution in [0, 0.1) is 6.92 Å². The van der Waals surface area contributed by atoms with Gasteiger partial charge in [0.25, 0.3) is 5.91 Å². The molecule has 2 aromatic rings. The number of hydrogen-bond donors (Lipinski definition) is 1. The first-order valence-corrected chi connectivity index (χ1v) is 7.21. The third kappa shape index (κ3) is 2.63. The fourth-order valence-electron chi connectivity index (χ4n) is 2.58. The predicted molar refractivity (Wildman–Crippen MR) is 78.8 cm³/mol. The van der Waals surface area contributed by atoms with Crippen molar-refractivity contribution in [1.29, 1.82) is 0 Å². The molecule has 2 heterocycles. The van der Waals surface area contributed by atoms with Gasteiger partial charge in [-0.05, 0) is 49.9 Å². The third-order valence-corrected chi connectivity index (χ3v) is 3.74. The van der Waals surface area contributed by atoms with E-state index < -0.39 is 0 Å². The van der Waals surface area contributed by atoms with Crippen LogP contribution in [0.4, 0.5) is 5.88 Å². The van der Waals surface area contributed by atoms with Crippen LogP contribution >= 0.6 is 0 Å². The van der Waals surface area contributed by atoms with E-state index in [0.29, 0.717) is 11.4 Å². The molecular formula is C16H18N2O3. The fourth-order valence-corrected chi connectivity index (χ4v) is 2.58. The first-order chi connectivity index (χ1) is 10.2. The van der Waals surface area contributed by atoms with Gasteiger partial charge in [-0.15, -0.1) is 0 Å². The largest absolute Gasteiger partial charge is 0.493 e. The molecule has 0 radical (unpaired) electrons. The van der Waals surface area contributed by atoms with Crippen molar-refractivity contribution < 1.29 is 14.1 Å². The van der Waals surface area contributed by atoms with Crippen molar-refractivity contribution >= 4 is 11.8 Å². The maximum atomic E-state index is 12.3. The summed E-state index contributed by atoms with van der Waals surface area (Å²) in [5.74, 6) is 1.13. The highest BCUT2D eigenvalue weighted by atomic mass is 16.5. The molecular weight excluding hydrogens is 268 g/mol. The van der Waals surface area contributed by atoms with E-state index in [1.807, 2.05) is 26.0 Å². The average molecular weight is 286 g/mol. The Bertz CT molecular complexity index is 676. The second-order valence-electron chi connectivity index (χ2n) is 5.16. The number of aromatic nitrogens is 1. The van der Waals surface area contributed by atoms with E-state index >= 15 is 0 Å². The predicted octanol–water partition coefficient (Wildman–Crippen LogP) is 3.12. The van der Waals surface area contributed by atoms with Crippen molar-refractivity contribution in [3.63, 3.8) is 0 Å². The van der Waals surface area contributed by atoms with Gasteiger partial charge in [-0.2, -0.15) is 0 Å². The lowest BCUT2D eigenvalue weighted by molar-refractivity contribution is 0.102. The normalized spacial score (nSPS) is 13.4. The number of rotatable bonds is 3. The molecule has 1 aromatic carbocycles. The summed E-state index contributed by atoms with van der Waals surface area (Å²) in [6.07, 6.45) is 2.69. The van der Waals surface area contributed by atoms with Gasteiger partial charge in [0.15, 0.2) is 0 Å². The molecule has 3 rings (SSSR count). The number of hydrogen-bond acceptors (Lipinski definition) is 4. The summed E-state index contributed by atoms with van der Waals surface area (Å²) in [5, 5.41) is 6.69. The smallest absolute Gasteiger partial charge is 0.258 e. The lowest BCUT2D eigenvalue weighted by atomic mass is 10.0. The summed E-state index contributed by atoms with van der Waals surface area (Å²) >= 11 is 0. The van der Waals surface area contributed by atoms with Crippen molar-refractivity contribution in [3.05, 3.63) is 40.6 Å². The minimum absolute atomic E-state index is 0.186. The number of ether oxygens (including phenoxy) is 1. The summed E-state index contributed by atoms with van der Waals surface area (Å²) in [7, 11) is 0. The molecule has 110 valence electrons. The van der Waals surface area contributed by atoms with Crippen LogP contribution in [0.15, 0.2) is 22.7 Å². The maximum Gasteiger partial charge on any atom is 0.258 e. The van der Waals surface area contributed by atoms with Crippen LogP contribution in [0.25, 0.3) is 0 Å². The lowest BCUT2D eigenvalue weighted by Crippen LogP contribution is -2.14. The zero-order valence-corrected chi connectivity index (χ0v) is 12.2. The fraction of sp³-hybridized carbons (Fsp3) is 0.375. The Labute approximate surface area is 123 Å². The summed E-state index contributed by atoms with van der Waals surface area (Å²) in [6.45, 7) is 4.62. The first-order valence-electron chi connectivity index (χ1n) is 7.21. The number of nitrogens with one attached hydrogen (secondary N) is 1. The zero-order valence-electron chi connectivity index (χ0n) is 12.2. The van der Waals surface area contributed by atoms with E-state index in [2.05, 4.69) is 10.5 Å². The number of amides is 1. The first kappa shape index (κ1) is 13.7. The van der Waals surface area contributed by atoms with E-state index in [1.54, 1.807) is 6.07 Å². The molecule has 0 aliphatic carbocycles. The Morgan fingerprint density at radius 1 is 1.43 bits per heavy atom. The number of aryl methyl sites for hydroxylation is 2. The minimum atomic E-state index is -0.186. The van der Waals surface area contributed by atoms with Gasteiger partial charge in [0, 0.05) is 11.1 Å². The van der Waals surface area contributed by atoms with Crippen LogP contribution in [0.2, 0.25) is 0 Å². The number of nitrogens with zero attached hydrogens (tertiary/aromatic N) is 1. The Balaban J connectivity index is 1.82. The Morgan fingerprint density at radius 2 is 2.29 bits per heavy atom. The van der Waals surface area contributed by atoms with Crippen LogP contribution < -0.4 is 10.1 Å². The molecule has 0 saturated carbocycles. The molecule has 0 bridgehead atoms. The zero-order chi connectivity index (χ0) is 14.8. The van der Waals surface area contributed by atoms with Gasteiger partial charge in [-0.1, -0.05) is 12.1 Å². The summed E-state index contributed by atoms with van der Waals surface area (Å²) in [6, 6.07) is 5.52. The third-order valence-electron chi connectivity index (χ3n) is 3.74. The molecule has 1 aliphatic rings.